The van der Waals surface area contributed by atoms with E-state index in [9.17, 15) is 4.79 Å². The third-order valence-corrected chi connectivity index (χ3v) is 4.20. The Morgan fingerprint density at radius 2 is 1.22 bits per heavy atom. The standard InChI is InChI=1S/C20H16N2O/c23-20(14-8-2-1-3-9-14)22-21-19-17-12-6-4-10-15(17)16-11-5-7-13-18(16)19/h1-13,19,21H,(H,22,23). The number of nitrogens with one attached hydrogen (secondary N) is 2. The molecule has 2 N–H and O–H groups in total. The highest BCUT2D eigenvalue weighted by Crippen LogP contribution is 2.42. The second-order valence-corrected chi connectivity index (χ2v) is 5.57. The van der Waals surface area contributed by atoms with Crippen molar-refractivity contribution in [1.82, 2.24) is 10.9 Å². The van der Waals surface area contributed by atoms with Crippen LogP contribution in [0.5, 0.6) is 0 Å². The van der Waals surface area contributed by atoms with E-state index in [0.717, 1.165) is 0 Å². The first-order chi connectivity index (χ1) is 11.3. The zero-order valence-electron chi connectivity index (χ0n) is 12.5. The molecule has 1 aliphatic carbocycles. The molecule has 0 atom stereocenters. The second-order valence-electron chi connectivity index (χ2n) is 5.57. The van der Waals surface area contributed by atoms with Crippen molar-refractivity contribution in [1.29, 1.82) is 0 Å². The smallest absolute Gasteiger partial charge is 0.265 e. The molecule has 4 rings (SSSR count). The van der Waals surface area contributed by atoms with Crippen molar-refractivity contribution in [3.05, 3.63) is 95.6 Å². The van der Waals surface area contributed by atoms with Gasteiger partial charge in [0.25, 0.3) is 5.91 Å². The summed E-state index contributed by atoms with van der Waals surface area (Å²) >= 11 is 0. The SMILES string of the molecule is O=C(NNC1c2ccccc2-c2ccccc21)c1ccccc1. The van der Waals surface area contributed by atoms with E-state index in [-0.39, 0.29) is 11.9 Å². The summed E-state index contributed by atoms with van der Waals surface area (Å²) in [7, 11) is 0. The molecule has 0 aromatic heterocycles. The highest BCUT2D eigenvalue weighted by molar-refractivity contribution is 5.93. The Kier molecular flexibility index (Phi) is 3.41. The maximum Gasteiger partial charge on any atom is 0.265 e. The number of benzene rings is 3. The first-order valence-electron chi connectivity index (χ1n) is 7.64. The van der Waals surface area contributed by atoms with Gasteiger partial charge in [-0.05, 0) is 34.4 Å². The van der Waals surface area contributed by atoms with Gasteiger partial charge in [-0.2, -0.15) is 0 Å². The fraction of sp³-hybridized carbons (Fsp3) is 0.0500. The number of rotatable bonds is 3. The van der Waals surface area contributed by atoms with Gasteiger partial charge in [0.15, 0.2) is 0 Å². The van der Waals surface area contributed by atoms with Gasteiger partial charge in [-0.15, -0.1) is 0 Å². The molecule has 3 aromatic carbocycles. The lowest BCUT2D eigenvalue weighted by atomic mass is 10.1. The Hall–Kier alpha value is -2.91. The molecule has 0 spiro atoms. The minimum absolute atomic E-state index is 0.0323. The summed E-state index contributed by atoms with van der Waals surface area (Å²) in [6.07, 6.45) is 0. The highest BCUT2D eigenvalue weighted by atomic mass is 16.2. The Balaban J connectivity index is 1.61. The van der Waals surface area contributed by atoms with Crippen molar-refractivity contribution in [2.75, 3.05) is 0 Å². The molecular formula is C20H16N2O. The largest absolute Gasteiger partial charge is 0.287 e. The molecule has 1 amide bonds. The van der Waals surface area contributed by atoms with E-state index in [2.05, 4.69) is 35.1 Å². The first kappa shape index (κ1) is 13.7. The summed E-state index contributed by atoms with van der Waals surface area (Å²) < 4.78 is 0. The van der Waals surface area contributed by atoms with Crippen LogP contribution in [-0.2, 0) is 0 Å². The Bertz CT molecular complexity index is 813. The molecule has 0 unspecified atom stereocenters. The van der Waals surface area contributed by atoms with Crippen molar-refractivity contribution >= 4 is 5.91 Å². The van der Waals surface area contributed by atoms with Gasteiger partial charge < -0.3 is 0 Å². The zero-order chi connectivity index (χ0) is 15.6. The predicted octanol–water partition coefficient (Wildman–Crippen LogP) is 3.69. The van der Waals surface area contributed by atoms with Crippen LogP contribution in [0.25, 0.3) is 11.1 Å². The quantitative estimate of drug-likeness (QED) is 0.724. The average molecular weight is 300 g/mol. The summed E-state index contributed by atoms with van der Waals surface area (Å²) in [4.78, 5) is 12.3. The number of carbonyl (C=O) groups excluding carboxylic acids is 1. The lowest BCUT2D eigenvalue weighted by molar-refractivity contribution is 0.0928. The fourth-order valence-electron chi connectivity index (χ4n) is 3.11. The fourth-order valence-corrected chi connectivity index (χ4v) is 3.11. The highest BCUT2D eigenvalue weighted by Gasteiger charge is 2.28. The van der Waals surface area contributed by atoms with Gasteiger partial charge in [0.1, 0.15) is 0 Å². The number of hydrazine groups is 1. The number of amides is 1. The molecule has 0 aliphatic heterocycles. The topological polar surface area (TPSA) is 41.1 Å². The molecule has 0 saturated carbocycles. The number of hydrogen-bond acceptors (Lipinski definition) is 2. The summed E-state index contributed by atoms with van der Waals surface area (Å²) in [6.45, 7) is 0. The van der Waals surface area contributed by atoms with E-state index in [1.807, 2.05) is 42.5 Å². The molecule has 0 fully saturated rings. The van der Waals surface area contributed by atoms with E-state index < -0.39 is 0 Å². The molecule has 3 heteroatoms. The molecule has 3 nitrogen and oxygen atoms in total. The van der Waals surface area contributed by atoms with Gasteiger partial charge in [-0.3, -0.25) is 10.2 Å². The maximum atomic E-state index is 12.3. The van der Waals surface area contributed by atoms with E-state index >= 15 is 0 Å². The molecule has 1 aliphatic rings. The molecule has 0 heterocycles. The molecule has 3 aromatic rings. The normalized spacial score (nSPS) is 12.5. The van der Waals surface area contributed by atoms with Gasteiger partial charge in [0.05, 0.1) is 6.04 Å². The van der Waals surface area contributed by atoms with Crippen LogP contribution in [-0.4, -0.2) is 5.91 Å². The predicted molar refractivity (Wildman–Crippen MR) is 90.8 cm³/mol. The molecule has 0 bridgehead atoms. The van der Waals surface area contributed by atoms with Gasteiger partial charge in [-0.25, -0.2) is 5.43 Å². The molecule has 0 radical (unpaired) electrons. The lowest BCUT2D eigenvalue weighted by Gasteiger charge is -2.16. The summed E-state index contributed by atoms with van der Waals surface area (Å²) in [5, 5.41) is 0. The van der Waals surface area contributed by atoms with Crippen LogP contribution in [0.3, 0.4) is 0 Å². The van der Waals surface area contributed by atoms with Crippen molar-refractivity contribution in [2.24, 2.45) is 0 Å². The summed E-state index contributed by atoms with van der Waals surface area (Å²) in [5.41, 5.74) is 11.5. The Morgan fingerprint density at radius 3 is 1.83 bits per heavy atom. The second kappa shape index (κ2) is 5.71. The van der Waals surface area contributed by atoms with Gasteiger partial charge in [-0.1, -0.05) is 66.7 Å². The molecule has 112 valence electrons. The van der Waals surface area contributed by atoms with Crippen molar-refractivity contribution in [3.8, 4) is 11.1 Å². The Morgan fingerprint density at radius 1 is 0.696 bits per heavy atom. The van der Waals surface area contributed by atoms with E-state index in [1.165, 1.54) is 22.3 Å². The van der Waals surface area contributed by atoms with Crippen LogP contribution in [0, 0.1) is 0 Å². The van der Waals surface area contributed by atoms with E-state index in [1.54, 1.807) is 12.1 Å². The minimum Gasteiger partial charge on any atom is -0.287 e. The average Bonchev–Trinajstić information content (AvgIpc) is 2.94. The van der Waals surface area contributed by atoms with Gasteiger partial charge in [0, 0.05) is 5.56 Å². The van der Waals surface area contributed by atoms with Crippen molar-refractivity contribution in [3.63, 3.8) is 0 Å². The van der Waals surface area contributed by atoms with Crippen LogP contribution in [0.15, 0.2) is 78.9 Å². The summed E-state index contributed by atoms with van der Waals surface area (Å²) in [6, 6.07) is 25.7. The van der Waals surface area contributed by atoms with Crippen molar-refractivity contribution < 1.29 is 4.79 Å². The van der Waals surface area contributed by atoms with Crippen LogP contribution >= 0.6 is 0 Å². The van der Waals surface area contributed by atoms with Crippen LogP contribution in [0.1, 0.15) is 27.5 Å². The van der Waals surface area contributed by atoms with Gasteiger partial charge in [0.2, 0.25) is 0 Å². The van der Waals surface area contributed by atoms with E-state index in [0.29, 0.717) is 5.56 Å². The lowest BCUT2D eigenvalue weighted by Crippen LogP contribution is -2.39. The molecule has 0 saturated heterocycles. The van der Waals surface area contributed by atoms with Crippen LogP contribution in [0.2, 0.25) is 0 Å². The number of hydrogen-bond donors (Lipinski definition) is 2. The number of carbonyl (C=O) groups is 1. The minimum atomic E-state index is -0.132. The van der Waals surface area contributed by atoms with Gasteiger partial charge >= 0.3 is 0 Å². The zero-order valence-corrected chi connectivity index (χ0v) is 12.5. The molecule has 23 heavy (non-hydrogen) atoms. The maximum absolute atomic E-state index is 12.3. The van der Waals surface area contributed by atoms with Crippen LogP contribution in [0.4, 0.5) is 0 Å². The third kappa shape index (κ3) is 2.41. The van der Waals surface area contributed by atoms with Crippen LogP contribution < -0.4 is 10.9 Å². The third-order valence-electron chi connectivity index (χ3n) is 4.20. The monoisotopic (exact) mass is 300 g/mol. The van der Waals surface area contributed by atoms with E-state index in [4.69, 9.17) is 0 Å². The summed E-state index contributed by atoms with van der Waals surface area (Å²) in [5.74, 6) is -0.132. The first-order valence-corrected chi connectivity index (χ1v) is 7.64. The van der Waals surface area contributed by atoms with Crippen molar-refractivity contribution in [2.45, 2.75) is 6.04 Å². The Labute approximate surface area is 135 Å². The molecular weight excluding hydrogens is 284 g/mol. The number of fused-ring (bicyclic) bond motifs is 3.